The first-order chi connectivity index (χ1) is 10.7. The number of benzene rings is 1. The van der Waals surface area contributed by atoms with E-state index in [2.05, 4.69) is 20.3 Å². The van der Waals surface area contributed by atoms with Crippen molar-refractivity contribution in [3.8, 4) is 5.75 Å². The lowest BCUT2D eigenvalue weighted by atomic mass is 10.1. The Morgan fingerprint density at radius 3 is 2.73 bits per heavy atom. The highest BCUT2D eigenvalue weighted by atomic mass is 16.5. The second-order valence-electron chi connectivity index (χ2n) is 4.82. The van der Waals surface area contributed by atoms with E-state index in [0.717, 1.165) is 30.2 Å². The molecule has 22 heavy (non-hydrogen) atoms. The summed E-state index contributed by atoms with van der Waals surface area (Å²) in [6.45, 7) is 3.03. The number of aryl methyl sites for hydroxylation is 1. The molecular formula is C16H21N5O. The largest absolute Gasteiger partial charge is 0.497 e. The third kappa shape index (κ3) is 5.05. The van der Waals surface area contributed by atoms with Gasteiger partial charge in [-0.1, -0.05) is 12.1 Å². The average Bonchev–Trinajstić information content (AvgIpc) is 2.54. The molecule has 0 saturated carbocycles. The maximum Gasteiger partial charge on any atom is 0.188 e. The van der Waals surface area contributed by atoms with Gasteiger partial charge in [-0.15, -0.1) is 0 Å². The zero-order chi connectivity index (χ0) is 15.8. The van der Waals surface area contributed by atoms with Crippen molar-refractivity contribution in [1.82, 2.24) is 15.3 Å². The maximum atomic E-state index is 5.84. The summed E-state index contributed by atoms with van der Waals surface area (Å²) < 4.78 is 5.13. The van der Waals surface area contributed by atoms with Crippen molar-refractivity contribution in [2.75, 3.05) is 13.7 Å². The maximum absolute atomic E-state index is 5.84. The quantitative estimate of drug-likeness (QED) is 0.623. The van der Waals surface area contributed by atoms with Crippen LogP contribution in [0.1, 0.15) is 17.1 Å². The summed E-state index contributed by atoms with van der Waals surface area (Å²) >= 11 is 0. The molecule has 2 rings (SSSR count). The van der Waals surface area contributed by atoms with Gasteiger partial charge in [0.2, 0.25) is 0 Å². The van der Waals surface area contributed by atoms with E-state index in [1.165, 1.54) is 5.56 Å². The molecule has 0 radical (unpaired) electrons. The SMILES string of the molecule is COc1ccc(CCNC(N)=NCc2ccnc(C)n2)cc1. The highest BCUT2D eigenvalue weighted by Crippen LogP contribution is 2.11. The fraction of sp³-hybridized carbons (Fsp3) is 0.312. The summed E-state index contributed by atoms with van der Waals surface area (Å²) in [7, 11) is 1.66. The molecule has 6 nitrogen and oxygen atoms in total. The van der Waals surface area contributed by atoms with Gasteiger partial charge in [0.25, 0.3) is 0 Å². The van der Waals surface area contributed by atoms with E-state index in [0.29, 0.717) is 12.5 Å². The van der Waals surface area contributed by atoms with Crippen LogP contribution in [0.3, 0.4) is 0 Å². The number of rotatable bonds is 6. The second-order valence-corrected chi connectivity index (χ2v) is 4.82. The summed E-state index contributed by atoms with van der Waals surface area (Å²) in [4.78, 5) is 12.6. The monoisotopic (exact) mass is 299 g/mol. The molecular weight excluding hydrogens is 278 g/mol. The van der Waals surface area contributed by atoms with Gasteiger partial charge in [-0.2, -0.15) is 0 Å². The molecule has 0 aliphatic rings. The highest BCUT2D eigenvalue weighted by Gasteiger charge is 1.98. The predicted octanol–water partition coefficient (Wildman–Crippen LogP) is 1.44. The van der Waals surface area contributed by atoms with Crippen LogP contribution >= 0.6 is 0 Å². The second kappa shape index (κ2) is 7.97. The van der Waals surface area contributed by atoms with Crippen LogP contribution in [0.25, 0.3) is 0 Å². The fourth-order valence-electron chi connectivity index (χ4n) is 1.94. The molecule has 1 heterocycles. The van der Waals surface area contributed by atoms with Gasteiger partial charge >= 0.3 is 0 Å². The Kier molecular flexibility index (Phi) is 5.71. The van der Waals surface area contributed by atoms with Crippen LogP contribution in [-0.2, 0) is 13.0 Å². The van der Waals surface area contributed by atoms with Gasteiger partial charge in [0.05, 0.1) is 19.3 Å². The first-order valence-electron chi connectivity index (χ1n) is 7.12. The molecule has 0 atom stereocenters. The summed E-state index contributed by atoms with van der Waals surface area (Å²) in [6.07, 6.45) is 2.59. The van der Waals surface area contributed by atoms with E-state index >= 15 is 0 Å². The van der Waals surface area contributed by atoms with Gasteiger partial charge in [0.1, 0.15) is 11.6 Å². The minimum atomic E-state index is 0.421. The van der Waals surface area contributed by atoms with Gasteiger partial charge in [0.15, 0.2) is 5.96 Å². The number of nitrogens with zero attached hydrogens (tertiary/aromatic N) is 3. The third-order valence-corrected chi connectivity index (χ3v) is 3.12. The molecule has 6 heteroatoms. The van der Waals surface area contributed by atoms with Crippen LogP contribution in [0.2, 0.25) is 0 Å². The highest BCUT2D eigenvalue weighted by molar-refractivity contribution is 5.77. The molecule has 116 valence electrons. The van der Waals surface area contributed by atoms with Crippen molar-refractivity contribution >= 4 is 5.96 Å². The number of guanidine groups is 1. The zero-order valence-corrected chi connectivity index (χ0v) is 12.9. The van der Waals surface area contributed by atoms with E-state index in [1.807, 2.05) is 37.3 Å². The lowest BCUT2D eigenvalue weighted by Crippen LogP contribution is -2.33. The molecule has 2 aromatic rings. The first kappa shape index (κ1) is 15.8. The molecule has 0 saturated heterocycles. The molecule has 3 N–H and O–H groups in total. The number of nitrogens with two attached hydrogens (primary N) is 1. The summed E-state index contributed by atoms with van der Waals surface area (Å²) in [5, 5.41) is 3.10. The Morgan fingerprint density at radius 2 is 2.05 bits per heavy atom. The van der Waals surface area contributed by atoms with Crippen molar-refractivity contribution in [2.45, 2.75) is 19.9 Å². The number of ether oxygens (including phenoxy) is 1. The third-order valence-electron chi connectivity index (χ3n) is 3.12. The van der Waals surface area contributed by atoms with Crippen LogP contribution in [0.4, 0.5) is 0 Å². The summed E-state index contributed by atoms with van der Waals surface area (Å²) in [5.41, 5.74) is 7.91. The summed E-state index contributed by atoms with van der Waals surface area (Å²) in [5.74, 6) is 2.02. The minimum absolute atomic E-state index is 0.421. The number of hydrogen-bond acceptors (Lipinski definition) is 4. The van der Waals surface area contributed by atoms with Crippen LogP contribution < -0.4 is 15.8 Å². The molecule has 0 amide bonds. The molecule has 0 spiro atoms. The first-order valence-corrected chi connectivity index (χ1v) is 7.12. The van der Waals surface area contributed by atoms with Gasteiger partial charge in [0, 0.05) is 12.7 Å². The van der Waals surface area contributed by atoms with Gasteiger partial charge < -0.3 is 15.8 Å². The Labute approximate surface area is 130 Å². The Hall–Kier alpha value is -2.63. The van der Waals surface area contributed by atoms with Crippen LogP contribution in [-0.4, -0.2) is 29.6 Å². The number of aliphatic imine (C=N–C) groups is 1. The molecule has 0 aliphatic carbocycles. The molecule has 0 bridgehead atoms. The van der Waals surface area contributed by atoms with E-state index in [4.69, 9.17) is 10.5 Å². The zero-order valence-electron chi connectivity index (χ0n) is 12.9. The van der Waals surface area contributed by atoms with Crippen molar-refractivity contribution in [2.24, 2.45) is 10.7 Å². The van der Waals surface area contributed by atoms with Gasteiger partial charge in [-0.3, -0.25) is 0 Å². The molecule has 0 fully saturated rings. The van der Waals surface area contributed by atoms with Crippen molar-refractivity contribution in [3.05, 3.63) is 53.6 Å². The number of hydrogen-bond donors (Lipinski definition) is 2. The molecule has 0 unspecified atom stereocenters. The fourth-order valence-corrected chi connectivity index (χ4v) is 1.94. The Morgan fingerprint density at radius 1 is 1.27 bits per heavy atom. The standard InChI is InChI=1S/C16H21N5O/c1-12-18-10-8-14(21-12)11-20-16(17)19-9-7-13-3-5-15(22-2)6-4-13/h3-6,8,10H,7,9,11H2,1-2H3,(H3,17,19,20). The minimum Gasteiger partial charge on any atom is -0.497 e. The number of nitrogens with one attached hydrogen (secondary N) is 1. The summed E-state index contributed by atoms with van der Waals surface area (Å²) in [6, 6.07) is 9.81. The molecule has 0 aliphatic heterocycles. The van der Waals surface area contributed by atoms with Crippen LogP contribution in [0.15, 0.2) is 41.5 Å². The van der Waals surface area contributed by atoms with Crippen molar-refractivity contribution in [3.63, 3.8) is 0 Å². The lowest BCUT2D eigenvalue weighted by molar-refractivity contribution is 0.414. The van der Waals surface area contributed by atoms with E-state index in [1.54, 1.807) is 13.3 Å². The van der Waals surface area contributed by atoms with Crippen LogP contribution in [0, 0.1) is 6.92 Å². The number of aromatic nitrogens is 2. The topological polar surface area (TPSA) is 85.4 Å². The number of methoxy groups -OCH3 is 1. The van der Waals surface area contributed by atoms with E-state index in [-0.39, 0.29) is 0 Å². The normalized spacial score (nSPS) is 11.3. The average molecular weight is 299 g/mol. The van der Waals surface area contributed by atoms with Crippen molar-refractivity contribution < 1.29 is 4.74 Å². The van der Waals surface area contributed by atoms with Crippen LogP contribution in [0.5, 0.6) is 5.75 Å². The predicted molar refractivity (Wildman–Crippen MR) is 86.8 cm³/mol. The Bertz CT molecular complexity index is 625. The molecule has 1 aromatic carbocycles. The Balaban J connectivity index is 1.76. The van der Waals surface area contributed by atoms with Crippen molar-refractivity contribution in [1.29, 1.82) is 0 Å². The van der Waals surface area contributed by atoms with Gasteiger partial charge in [-0.05, 0) is 37.1 Å². The lowest BCUT2D eigenvalue weighted by Gasteiger charge is -2.06. The van der Waals surface area contributed by atoms with Gasteiger partial charge in [-0.25, -0.2) is 15.0 Å². The molecule has 1 aromatic heterocycles. The van der Waals surface area contributed by atoms with E-state index in [9.17, 15) is 0 Å². The van der Waals surface area contributed by atoms with E-state index < -0.39 is 0 Å². The smallest absolute Gasteiger partial charge is 0.188 e.